The molecule has 23 heavy (non-hydrogen) atoms. The second kappa shape index (κ2) is 21.8. The molecule has 0 aromatic rings. The molecule has 0 bridgehead atoms. The van der Waals surface area contributed by atoms with Crippen LogP contribution in [0, 0.1) is 0 Å². The Morgan fingerprint density at radius 1 is 0.522 bits per heavy atom. The summed E-state index contributed by atoms with van der Waals surface area (Å²) in [6.07, 6.45) is 24.1. The zero-order chi connectivity index (χ0) is 16.8. The number of hydrogen-bond donors (Lipinski definition) is 4. The molecule has 0 radical (unpaired) electrons. The van der Waals surface area contributed by atoms with Crippen molar-refractivity contribution in [1.82, 2.24) is 16.5 Å². The minimum atomic E-state index is 0.975. The van der Waals surface area contributed by atoms with Gasteiger partial charge in [0.25, 0.3) is 0 Å². The molecule has 0 unspecified atom stereocenters. The van der Waals surface area contributed by atoms with Gasteiger partial charge in [0.2, 0.25) is 0 Å². The van der Waals surface area contributed by atoms with E-state index in [1.165, 1.54) is 109 Å². The number of hydrazine groups is 3. The number of unbranched alkanes of at least 4 members (excludes halogenated alkanes) is 16. The zero-order valence-corrected chi connectivity index (χ0v) is 15.8. The third-order valence-electron chi connectivity index (χ3n) is 4.57. The van der Waals surface area contributed by atoms with E-state index in [0.29, 0.717) is 0 Å². The van der Waals surface area contributed by atoms with Crippen molar-refractivity contribution in [2.75, 3.05) is 6.54 Å². The summed E-state index contributed by atoms with van der Waals surface area (Å²) < 4.78 is 0. The molecule has 0 aliphatic heterocycles. The molecule has 0 aliphatic carbocycles. The normalized spacial score (nSPS) is 11.2. The highest BCUT2D eigenvalue weighted by Crippen LogP contribution is 2.13. The van der Waals surface area contributed by atoms with E-state index in [0.717, 1.165) is 6.54 Å². The Balaban J connectivity index is 2.92. The summed E-state index contributed by atoms with van der Waals surface area (Å²) >= 11 is 0. The van der Waals surface area contributed by atoms with Gasteiger partial charge in [-0.25, -0.2) is 5.43 Å². The topological polar surface area (TPSA) is 62.1 Å². The average Bonchev–Trinajstić information content (AvgIpc) is 2.57. The van der Waals surface area contributed by atoms with Crippen molar-refractivity contribution in [3.63, 3.8) is 0 Å². The van der Waals surface area contributed by atoms with E-state index in [1.54, 1.807) is 0 Å². The van der Waals surface area contributed by atoms with Crippen LogP contribution in [0.25, 0.3) is 0 Å². The third kappa shape index (κ3) is 21.8. The number of nitrogens with two attached hydrogens (primary N) is 1. The quantitative estimate of drug-likeness (QED) is 0.142. The summed E-state index contributed by atoms with van der Waals surface area (Å²) in [6, 6.07) is 0. The summed E-state index contributed by atoms with van der Waals surface area (Å²) in [5.74, 6) is 5.08. The molecule has 4 heteroatoms. The molecule has 0 atom stereocenters. The van der Waals surface area contributed by atoms with Crippen LogP contribution in [0.5, 0.6) is 0 Å². The smallest absolute Gasteiger partial charge is 0.0113 e. The average molecular weight is 329 g/mol. The first-order chi connectivity index (χ1) is 11.4. The zero-order valence-electron chi connectivity index (χ0n) is 15.8. The first-order valence-electron chi connectivity index (χ1n) is 10.3. The molecule has 0 aromatic heterocycles. The van der Waals surface area contributed by atoms with Gasteiger partial charge in [0.15, 0.2) is 0 Å². The van der Waals surface area contributed by atoms with E-state index in [2.05, 4.69) is 23.4 Å². The SMILES string of the molecule is CCCCCCCCCCCCCCCCCCCNNNN. The molecule has 140 valence electrons. The lowest BCUT2D eigenvalue weighted by Gasteiger charge is -2.05. The Morgan fingerprint density at radius 3 is 1.22 bits per heavy atom. The van der Waals surface area contributed by atoms with E-state index < -0.39 is 0 Å². The van der Waals surface area contributed by atoms with Crippen molar-refractivity contribution in [2.45, 2.75) is 116 Å². The highest BCUT2D eigenvalue weighted by atomic mass is 15.7. The minimum Gasteiger partial charge on any atom is -0.257 e. The number of nitrogens with one attached hydrogen (secondary N) is 3. The van der Waals surface area contributed by atoms with Gasteiger partial charge in [-0.05, 0) is 6.42 Å². The molecule has 0 aromatic carbocycles. The standard InChI is InChI=1S/C19H44N4/c1-2-3-4-5-6-7-8-9-10-11-12-13-14-15-16-17-18-19-21-23-22-20/h21-23H,2-20H2,1H3. The molecule has 5 N–H and O–H groups in total. The fourth-order valence-electron chi connectivity index (χ4n) is 3.05. The van der Waals surface area contributed by atoms with Gasteiger partial charge in [0.1, 0.15) is 0 Å². The van der Waals surface area contributed by atoms with Gasteiger partial charge in [-0.2, -0.15) is 11.1 Å². The van der Waals surface area contributed by atoms with Gasteiger partial charge in [0, 0.05) is 6.54 Å². The van der Waals surface area contributed by atoms with Crippen molar-refractivity contribution >= 4 is 0 Å². The third-order valence-corrected chi connectivity index (χ3v) is 4.57. The van der Waals surface area contributed by atoms with Crippen LogP contribution in [0.1, 0.15) is 116 Å². The minimum absolute atomic E-state index is 0.975. The van der Waals surface area contributed by atoms with Crippen molar-refractivity contribution in [2.24, 2.45) is 5.84 Å². The van der Waals surface area contributed by atoms with Gasteiger partial charge in [-0.3, -0.25) is 5.84 Å². The maximum Gasteiger partial charge on any atom is 0.0113 e. The molecule has 0 saturated carbocycles. The van der Waals surface area contributed by atoms with Crippen LogP contribution < -0.4 is 22.3 Å². The van der Waals surface area contributed by atoms with Crippen molar-refractivity contribution < 1.29 is 0 Å². The lowest BCUT2D eigenvalue weighted by Crippen LogP contribution is -2.47. The van der Waals surface area contributed by atoms with Gasteiger partial charge in [-0.15, -0.1) is 0 Å². The molecule has 0 amide bonds. The Kier molecular flexibility index (Phi) is 21.7. The molecule has 0 spiro atoms. The van der Waals surface area contributed by atoms with E-state index in [-0.39, 0.29) is 0 Å². The van der Waals surface area contributed by atoms with Gasteiger partial charge >= 0.3 is 0 Å². The molecule has 4 nitrogen and oxygen atoms in total. The Morgan fingerprint density at radius 2 is 0.870 bits per heavy atom. The van der Waals surface area contributed by atoms with E-state index in [9.17, 15) is 0 Å². The largest absolute Gasteiger partial charge is 0.257 e. The summed E-state index contributed by atoms with van der Waals surface area (Å²) in [5, 5.41) is 0. The molecule has 0 saturated heterocycles. The Labute approximate surface area is 145 Å². The predicted molar refractivity (Wildman–Crippen MR) is 103 cm³/mol. The molecular formula is C19H44N4. The van der Waals surface area contributed by atoms with E-state index in [4.69, 9.17) is 5.84 Å². The van der Waals surface area contributed by atoms with E-state index >= 15 is 0 Å². The van der Waals surface area contributed by atoms with E-state index in [1.807, 2.05) is 0 Å². The second-order valence-corrected chi connectivity index (χ2v) is 6.85. The lowest BCUT2D eigenvalue weighted by molar-refractivity contribution is 0.431. The fourth-order valence-corrected chi connectivity index (χ4v) is 3.05. The molecule has 0 aliphatic rings. The predicted octanol–water partition coefficient (Wildman–Crippen LogP) is 5.11. The first kappa shape index (κ1) is 22.8. The lowest BCUT2D eigenvalue weighted by atomic mass is 10.0. The maximum absolute atomic E-state index is 5.08. The summed E-state index contributed by atoms with van der Waals surface area (Å²) in [6.45, 7) is 3.26. The molecular weight excluding hydrogens is 284 g/mol. The maximum atomic E-state index is 5.08. The van der Waals surface area contributed by atoms with Crippen LogP contribution in [-0.4, -0.2) is 6.54 Å². The number of hydrogen-bond acceptors (Lipinski definition) is 4. The number of rotatable bonds is 20. The van der Waals surface area contributed by atoms with Crippen LogP contribution in [-0.2, 0) is 0 Å². The van der Waals surface area contributed by atoms with Crippen LogP contribution in [0.4, 0.5) is 0 Å². The summed E-state index contributed by atoms with van der Waals surface area (Å²) in [7, 11) is 0. The monoisotopic (exact) mass is 328 g/mol. The first-order valence-corrected chi connectivity index (χ1v) is 10.3. The van der Waals surface area contributed by atoms with Crippen LogP contribution in [0.15, 0.2) is 0 Å². The van der Waals surface area contributed by atoms with Gasteiger partial charge < -0.3 is 0 Å². The van der Waals surface area contributed by atoms with Gasteiger partial charge in [0.05, 0.1) is 0 Å². The highest BCUT2D eigenvalue weighted by Gasteiger charge is 1.94. The van der Waals surface area contributed by atoms with Crippen molar-refractivity contribution in [1.29, 1.82) is 0 Å². The Hall–Kier alpha value is -0.160. The van der Waals surface area contributed by atoms with Gasteiger partial charge in [-0.1, -0.05) is 110 Å². The van der Waals surface area contributed by atoms with Crippen LogP contribution in [0.2, 0.25) is 0 Å². The fraction of sp³-hybridized carbons (Fsp3) is 1.00. The highest BCUT2D eigenvalue weighted by molar-refractivity contribution is 4.50. The molecule has 0 heterocycles. The van der Waals surface area contributed by atoms with Crippen molar-refractivity contribution in [3.05, 3.63) is 0 Å². The molecule has 0 rings (SSSR count). The molecule has 0 fully saturated rings. The van der Waals surface area contributed by atoms with Crippen LogP contribution >= 0.6 is 0 Å². The summed E-state index contributed by atoms with van der Waals surface area (Å²) in [5.41, 5.74) is 8.05. The Bertz CT molecular complexity index is 180. The van der Waals surface area contributed by atoms with Crippen molar-refractivity contribution in [3.8, 4) is 0 Å². The van der Waals surface area contributed by atoms with Crippen LogP contribution in [0.3, 0.4) is 0 Å². The summed E-state index contributed by atoms with van der Waals surface area (Å²) in [4.78, 5) is 0. The second-order valence-electron chi connectivity index (χ2n) is 6.85.